The van der Waals surface area contributed by atoms with Crippen LogP contribution in [0.1, 0.15) is 251 Å². The highest BCUT2D eigenvalue weighted by atomic mass is 32.2. The molecule has 0 rings (SSSR count). The Kier molecular flexibility index (Phi) is 42.0. The summed E-state index contributed by atoms with van der Waals surface area (Å²) in [5.74, 6) is -1.000. The van der Waals surface area contributed by atoms with Crippen molar-refractivity contribution < 1.29 is 22.9 Å². The molecule has 0 saturated carbocycles. The summed E-state index contributed by atoms with van der Waals surface area (Å²) in [5.41, 5.74) is 0. The number of nitrogens with one attached hydrogen (secondary N) is 1. The van der Waals surface area contributed by atoms with Crippen LogP contribution in [0.2, 0.25) is 0 Å². The zero-order chi connectivity index (χ0) is 41.1. The topological polar surface area (TPSA) is 104 Å². The second-order valence-corrected chi connectivity index (χ2v) is 18.2. The molecule has 0 radical (unpaired) electrons. The van der Waals surface area contributed by atoms with Gasteiger partial charge in [-0.05, 0) is 44.9 Å². The first-order valence-corrected chi connectivity index (χ1v) is 25.8. The van der Waals surface area contributed by atoms with Crippen LogP contribution >= 0.6 is 0 Å². The molecule has 56 heavy (non-hydrogen) atoms. The fourth-order valence-corrected chi connectivity index (χ4v) is 8.16. The maximum absolute atomic E-state index is 12.6. The smallest absolute Gasteiger partial charge is 0.267 e. The van der Waals surface area contributed by atoms with Crippen LogP contribution in [0.3, 0.4) is 0 Å². The minimum Gasteiger partial charge on any atom is -0.387 e. The lowest BCUT2D eigenvalue weighted by Gasteiger charge is -2.21. The van der Waals surface area contributed by atoms with Crippen LogP contribution in [0.25, 0.3) is 0 Å². The van der Waals surface area contributed by atoms with Gasteiger partial charge in [0.05, 0.1) is 17.9 Å². The fraction of sp³-hybridized carbons (Fsp3) is 0.857. The third kappa shape index (κ3) is 43.7. The average Bonchev–Trinajstić information content (AvgIpc) is 3.16. The third-order valence-corrected chi connectivity index (χ3v) is 11.8. The van der Waals surface area contributed by atoms with Gasteiger partial charge >= 0.3 is 0 Å². The highest BCUT2D eigenvalue weighted by Gasteiger charge is 2.24. The molecular formula is C49H93NO5S. The number of rotatable bonds is 44. The first-order valence-electron chi connectivity index (χ1n) is 24.2. The summed E-state index contributed by atoms with van der Waals surface area (Å²) in [5, 5.41) is 13.3. The van der Waals surface area contributed by atoms with Crippen LogP contribution < -0.4 is 5.32 Å². The lowest BCUT2D eigenvalue weighted by molar-refractivity contribution is -0.122. The highest BCUT2D eigenvalue weighted by molar-refractivity contribution is 7.85. The Morgan fingerprint density at radius 3 is 1.12 bits per heavy atom. The number of aliphatic hydroxyl groups excluding tert-OH is 1. The number of carbonyl (C=O) groups excluding carboxylic acids is 1. The minimum atomic E-state index is -4.36. The molecule has 0 aliphatic rings. The molecule has 0 aromatic rings. The maximum atomic E-state index is 12.6. The van der Waals surface area contributed by atoms with Crippen LogP contribution in [0.5, 0.6) is 0 Å². The Labute approximate surface area is 348 Å². The van der Waals surface area contributed by atoms with E-state index >= 15 is 0 Å². The van der Waals surface area contributed by atoms with Crippen LogP contribution in [0.4, 0.5) is 0 Å². The summed E-state index contributed by atoms with van der Waals surface area (Å²) < 4.78 is 32.6. The van der Waals surface area contributed by atoms with Crippen molar-refractivity contribution in [2.24, 2.45) is 0 Å². The van der Waals surface area contributed by atoms with Gasteiger partial charge in [-0.1, -0.05) is 237 Å². The van der Waals surface area contributed by atoms with E-state index in [9.17, 15) is 22.9 Å². The molecule has 2 unspecified atom stereocenters. The van der Waals surface area contributed by atoms with Gasteiger partial charge in [0.2, 0.25) is 5.91 Å². The molecule has 7 heteroatoms. The highest BCUT2D eigenvalue weighted by Crippen LogP contribution is 2.16. The van der Waals surface area contributed by atoms with Gasteiger partial charge in [-0.15, -0.1) is 0 Å². The first-order chi connectivity index (χ1) is 27.3. The molecule has 0 aliphatic carbocycles. The summed E-state index contributed by atoms with van der Waals surface area (Å²) in [6.45, 7) is 4.54. The maximum Gasteiger partial charge on any atom is 0.267 e. The second kappa shape index (κ2) is 43.1. The van der Waals surface area contributed by atoms with E-state index in [1.165, 1.54) is 192 Å². The first kappa shape index (κ1) is 54.6. The Morgan fingerprint density at radius 1 is 0.464 bits per heavy atom. The minimum absolute atomic E-state index is 0.288. The van der Waals surface area contributed by atoms with Crippen molar-refractivity contribution in [2.75, 3.05) is 5.75 Å². The Balaban J connectivity index is 3.84. The van der Waals surface area contributed by atoms with E-state index in [1.54, 1.807) is 0 Å². The molecule has 6 nitrogen and oxygen atoms in total. The molecule has 0 aromatic heterocycles. The van der Waals surface area contributed by atoms with E-state index in [0.717, 1.165) is 38.5 Å². The standard InChI is InChI=1S/C49H93NO5S/c1-3-5-7-9-11-13-15-17-19-21-23-24-25-26-27-29-31-33-35-37-39-41-43-45-49(52)50-47(46-56(53,54)55)48(51)44-42-40-38-36-34-32-30-28-22-20-18-16-14-12-10-8-6-4-2/h22,28,34,36,42,44,47-48,51H,3-21,23-27,29-33,35,37-41,43,45-46H2,1-2H3,(H,50,52)(H,53,54,55)/b28-22+,36-34+,44-42+. The molecular weight excluding hydrogens is 715 g/mol. The molecule has 0 spiro atoms. The van der Waals surface area contributed by atoms with Gasteiger partial charge < -0.3 is 10.4 Å². The largest absolute Gasteiger partial charge is 0.387 e. The molecule has 1 amide bonds. The van der Waals surface area contributed by atoms with Gasteiger partial charge in [-0.25, -0.2) is 0 Å². The number of aliphatic hydroxyl groups is 1. The van der Waals surface area contributed by atoms with Crippen LogP contribution in [-0.4, -0.2) is 41.9 Å². The van der Waals surface area contributed by atoms with Gasteiger partial charge in [-0.2, -0.15) is 8.42 Å². The van der Waals surface area contributed by atoms with E-state index in [-0.39, 0.29) is 12.3 Å². The van der Waals surface area contributed by atoms with Crippen molar-refractivity contribution >= 4 is 16.0 Å². The van der Waals surface area contributed by atoms with E-state index < -0.39 is 28.0 Å². The monoisotopic (exact) mass is 808 g/mol. The third-order valence-electron chi connectivity index (χ3n) is 11.0. The van der Waals surface area contributed by atoms with Crippen molar-refractivity contribution in [1.29, 1.82) is 0 Å². The van der Waals surface area contributed by atoms with Crippen molar-refractivity contribution in [1.82, 2.24) is 5.32 Å². The summed E-state index contributed by atoms with van der Waals surface area (Å²) in [6.07, 6.45) is 57.2. The van der Waals surface area contributed by atoms with Gasteiger partial charge in [0.1, 0.15) is 0 Å². The van der Waals surface area contributed by atoms with Crippen molar-refractivity contribution in [3.63, 3.8) is 0 Å². The van der Waals surface area contributed by atoms with Crippen LogP contribution in [0, 0.1) is 0 Å². The second-order valence-electron chi connectivity index (χ2n) is 16.7. The lowest BCUT2D eigenvalue weighted by atomic mass is 10.0. The predicted molar refractivity (Wildman–Crippen MR) is 244 cm³/mol. The summed E-state index contributed by atoms with van der Waals surface area (Å²) in [4.78, 5) is 12.6. The fourth-order valence-electron chi connectivity index (χ4n) is 7.42. The Hall–Kier alpha value is -1.44. The quantitative estimate of drug-likeness (QED) is 0.0323. The molecule has 0 aliphatic heterocycles. The van der Waals surface area contributed by atoms with Crippen LogP contribution in [0.15, 0.2) is 36.5 Å². The molecule has 0 bridgehead atoms. The van der Waals surface area contributed by atoms with E-state index in [1.807, 2.05) is 6.08 Å². The molecule has 0 fully saturated rings. The summed E-state index contributed by atoms with van der Waals surface area (Å²) in [7, 11) is -4.36. The number of hydrogen-bond acceptors (Lipinski definition) is 4. The zero-order valence-corrected chi connectivity index (χ0v) is 37.8. The summed E-state index contributed by atoms with van der Waals surface area (Å²) >= 11 is 0. The molecule has 2 atom stereocenters. The zero-order valence-electron chi connectivity index (χ0n) is 37.0. The van der Waals surface area contributed by atoms with Crippen LogP contribution in [-0.2, 0) is 14.9 Å². The van der Waals surface area contributed by atoms with E-state index in [0.29, 0.717) is 6.42 Å². The summed E-state index contributed by atoms with van der Waals surface area (Å²) in [6, 6.07) is -1.08. The van der Waals surface area contributed by atoms with Gasteiger partial charge in [0.25, 0.3) is 10.1 Å². The molecule has 3 N–H and O–H groups in total. The predicted octanol–water partition coefficient (Wildman–Crippen LogP) is 14.9. The number of unbranched alkanes of at least 4 members (excludes halogenated alkanes) is 32. The normalized spacial score (nSPS) is 13.4. The number of hydrogen-bond donors (Lipinski definition) is 3. The molecule has 0 saturated heterocycles. The Bertz CT molecular complexity index is 1020. The van der Waals surface area contributed by atoms with E-state index in [2.05, 4.69) is 43.5 Å². The molecule has 330 valence electrons. The van der Waals surface area contributed by atoms with Crippen molar-refractivity contribution in [3.05, 3.63) is 36.5 Å². The Morgan fingerprint density at radius 2 is 0.768 bits per heavy atom. The van der Waals surface area contributed by atoms with Crippen molar-refractivity contribution in [3.8, 4) is 0 Å². The average molecular weight is 808 g/mol. The SMILES string of the molecule is CCCCCCCCCC/C=C/CC/C=C/CC/C=C/C(O)C(CS(=O)(=O)O)NC(=O)CCCCCCCCCCCCCCCCCCCCCCCCC. The van der Waals surface area contributed by atoms with Gasteiger partial charge in [0.15, 0.2) is 0 Å². The lowest BCUT2D eigenvalue weighted by Crippen LogP contribution is -2.46. The number of allylic oxidation sites excluding steroid dienone is 5. The van der Waals surface area contributed by atoms with Gasteiger partial charge in [-0.3, -0.25) is 9.35 Å². The molecule has 0 heterocycles. The van der Waals surface area contributed by atoms with E-state index in [4.69, 9.17) is 0 Å². The van der Waals surface area contributed by atoms with Crippen molar-refractivity contribution in [2.45, 2.75) is 264 Å². The number of carbonyl (C=O) groups is 1. The van der Waals surface area contributed by atoms with Gasteiger partial charge in [0, 0.05) is 6.42 Å². The number of amides is 1. The molecule has 0 aromatic carbocycles.